The van der Waals surface area contributed by atoms with Crippen molar-refractivity contribution < 1.29 is 0 Å². The summed E-state index contributed by atoms with van der Waals surface area (Å²) in [6.07, 6.45) is 9.23. The van der Waals surface area contributed by atoms with Crippen LogP contribution in [0.25, 0.3) is 11.1 Å². The molecule has 0 bridgehead atoms. The lowest BCUT2D eigenvalue weighted by molar-refractivity contribution is 0.506. The Labute approximate surface area is 164 Å². The molecule has 0 saturated heterocycles. The molecule has 3 aromatic carbocycles. The van der Waals surface area contributed by atoms with Crippen molar-refractivity contribution in [1.29, 1.82) is 0 Å². The number of fused-ring (bicyclic) bond motifs is 3. The van der Waals surface area contributed by atoms with Gasteiger partial charge in [-0.3, -0.25) is 0 Å². The largest absolute Gasteiger partial charge is 0.0654 e. The van der Waals surface area contributed by atoms with Crippen molar-refractivity contribution in [3.63, 3.8) is 0 Å². The number of benzene rings is 3. The van der Waals surface area contributed by atoms with Gasteiger partial charge in [0, 0.05) is 5.41 Å². The van der Waals surface area contributed by atoms with Crippen molar-refractivity contribution in [2.45, 2.75) is 57.3 Å². The van der Waals surface area contributed by atoms with Crippen LogP contribution in [0.4, 0.5) is 0 Å². The summed E-state index contributed by atoms with van der Waals surface area (Å²) in [7, 11) is 0. The number of rotatable bonds is 8. The molecule has 0 atom stereocenters. The summed E-state index contributed by atoms with van der Waals surface area (Å²) in [5, 5.41) is 0. The van der Waals surface area contributed by atoms with E-state index in [1.165, 1.54) is 72.8 Å². The Hall–Kier alpha value is -2.34. The average Bonchev–Trinajstić information content (AvgIpc) is 3.03. The maximum Gasteiger partial charge on any atom is 0.0463 e. The number of hydrogen-bond donors (Lipinski definition) is 0. The van der Waals surface area contributed by atoms with Gasteiger partial charge in [-0.15, -0.1) is 0 Å². The van der Waals surface area contributed by atoms with E-state index < -0.39 is 0 Å². The van der Waals surface area contributed by atoms with E-state index in [1.54, 1.807) is 0 Å². The van der Waals surface area contributed by atoms with Gasteiger partial charge in [0.15, 0.2) is 0 Å². The Morgan fingerprint density at radius 2 is 1.07 bits per heavy atom. The van der Waals surface area contributed by atoms with Gasteiger partial charge in [-0.05, 0) is 34.2 Å². The SMILES string of the molecule is CCCCCCCCC1(c2ccccc2)c2ccccc2-c2ccccc21. The Morgan fingerprint density at radius 3 is 1.70 bits per heavy atom. The van der Waals surface area contributed by atoms with Gasteiger partial charge in [0.2, 0.25) is 0 Å². The lowest BCUT2D eigenvalue weighted by atomic mass is 9.69. The highest BCUT2D eigenvalue weighted by molar-refractivity contribution is 5.83. The highest BCUT2D eigenvalue weighted by atomic mass is 14.5. The van der Waals surface area contributed by atoms with Crippen LogP contribution in [-0.2, 0) is 5.41 Å². The zero-order valence-electron chi connectivity index (χ0n) is 16.5. The summed E-state index contributed by atoms with van der Waals surface area (Å²) >= 11 is 0. The van der Waals surface area contributed by atoms with E-state index in [9.17, 15) is 0 Å². The van der Waals surface area contributed by atoms with Gasteiger partial charge in [0.25, 0.3) is 0 Å². The smallest absolute Gasteiger partial charge is 0.0463 e. The van der Waals surface area contributed by atoms with Gasteiger partial charge < -0.3 is 0 Å². The third kappa shape index (κ3) is 3.23. The summed E-state index contributed by atoms with van der Waals surface area (Å²) in [6.45, 7) is 2.29. The van der Waals surface area contributed by atoms with E-state index in [2.05, 4.69) is 85.8 Å². The Morgan fingerprint density at radius 1 is 0.556 bits per heavy atom. The van der Waals surface area contributed by atoms with Crippen LogP contribution in [0.1, 0.15) is 68.6 Å². The molecule has 0 heterocycles. The molecule has 0 heteroatoms. The van der Waals surface area contributed by atoms with Crippen LogP contribution >= 0.6 is 0 Å². The van der Waals surface area contributed by atoms with Gasteiger partial charge in [-0.2, -0.15) is 0 Å². The molecule has 0 aliphatic heterocycles. The summed E-state index contributed by atoms with van der Waals surface area (Å²) in [5.74, 6) is 0. The highest BCUT2D eigenvalue weighted by Crippen LogP contribution is 2.54. The van der Waals surface area contributed by atoms with Crippen LogP contribution in [0.2, 0.25) is 0 Å². The summed E-state index contributed by atoms with van der Waals surface area (Å²) in [4.78, 5) is 0. The molecule has 0 aromatic heterocycles. The predicted octanol–water partition coefficient (Wildman–Crippen LogP) is 7.75. The minimum absolute atomic E-state index is 0.000791. The molecule has 27 heavy (non-hydrogen) atoms. The molecule has 0 amide bonds. The van der Waals surface area contributed by atoms with Crippen molar-refractivity contribution >= 4 is 0 Å². The Bertz CT molecular complexity index is 830. The van der Waals surface area contributed by atoms with E-state index in [0.29, 0.717) is 0 Å². The monoisotopic (exact) mass is 354 g/mol. The zero-order chi connectivity index (χ0) is 18.5. The second-order valence-electron chi connectivity index (χ2n) is 7.88. The molecule has 1 aliphatic rings. The average molecular weight is 355 g/mol. The zero-order valence-corrected chi connectivity index (χ0v) is 16.5. The molecule has 0 radical (unpaired) electrons. The first-order valence-electron chi connectivity index (χ1n) is 10.6. The first kappa shape index (κ1) is 18.0. The van der Waals surface area contributed by atoms with E-state index in [4.69, 9.17) is 0 Å². The van der Waals surface area contributed by atoms with E-state index in [-0.39, 0.29) is 5.41 Å². The fourth-order valence-electron chi connectivity index (χ4n) is 4.94. The molecule has 3 aromatic rings. The van der Waals surface area contributed by atoms with Crippen LogP contribution in [0.5, 0.6) is 0 Å². The maximum absolute atomic E-state index is 2.36. The van der Waals surface area contributed by atoms with Gasteiger partial charge in [0.1, 0.15) is 0 Å². The lowest BCUT2D eigenvalue weighted by Crippen LogP contribution is -2.27. The van der Waals surface area contributed by atoms with Crippen LogP contribution in [-0.4, -0.2) is 0 Å². The lowest BCUT2D eigenvalue weighted by Gasteiger charge is -2.33. The van der Waals surface area contributed by atoms with Gasteiger partial charge >= 0.3 is 0 Å². The van der Waals surface area contributed by atoms with Crippen molar-refractivity contribution in [1.82, 2.24) is 0 Å². The first-order valence-corrected chi connectivity index (χ1v) is 10.6. The standard InChI is InChI=1S/C27H30/c1-2-3-4-5-6-14-21-27(22-15-8-7-9-16-22)25-19-12-10-17-23(25)24-18-11-13-20-26(24)27/h7-13,15-20H,2-6,14,21H2,1H3. The van der Waals surface area contributed by atoms with Crippen LogP contribution in [0.3, 0.4) is 0 Å². The molecule has 0 unspecified atom stereocenters. The normalized spacial score (nSPS) is 14.0. The van der Waals surface area contributed by atoms with Gasteiger partial charge in [0.05, 0.1) is 0 Å². The summed E-state index contributed by atoms with van der Waals surface area (Å²) in [6, 6.07) is 29.3. The quantitative estimate of drug-likeness (QED) is 0.363. The molecule has 0 N–H and O–H groups in total. The second-order valence-corrected chi connectivity index (χ2v) is 7.88. The number of unbranched alkanes of at least 4 members (excludes halogenated alkanes) is 5. The van der Waals surface area contributed by atoms with Crippen molar-refractivity contribution in [3.05, 3.63) is 95.6 Å². The molecule has 1 aliphatic carbocycles. The molecule has 138 valence electrons. The molecular weight excluding hydrogens is 324 g/mol. The minimum atomic E-state index is -0.000791. The van der Waals surface area contributed by atoms with Gasteiger partial charge in [-0.1, -0.05) is 124 Å². The Balaban J connectivity index is 1.75. The molecular formula is C27H30. The van der Waals surface area contributed by atoms with Crippen molar-refractivity contribution in [2.24, 2.45) is 0 Å². The molecule has 4 rings (SSSR count). The molecule has 0 nitrogen and oxygen atoms in total. The summed E-state index contributed by atoms with van der Waals surface area (Å²) in [5.41, 5.74) is 7.26. The molecule has 0 spiro atoms. The maximum atomic E-state index is 2.36. The fourth-order valence-corrected chi connectivity index (χ4v) is 4.94. The van der Waals surface area contributed by atoms with E-state index in [1.807, 2.05) is 0 Å². The van der Waals surface area contributed by atoms with Gasteiger partial charge in [-0.25, -0.2) is 0 Å². The van der Waals surface area contributed by atoms with Crippen LogP contribution in [0.15, 0.2) is 78.9 Å². The van der Waals surface area contributed by atoms with E-state index >= 15 is 0 Å². The van der Waals surface area contributed by atoms with Crippen LogP contribution < -0.4 is 0 Å². The second kappa shape index (κ2) is 8.13. The third-order valence-corrected chi connectivity index (χ3v) is 6.24. The molecule has 0 fully saturated rings. The first-order chi connectivity index (χ1) is 13.4. The predicted molar refractivity (Wildman–Crippen MR) is 116 cm³/mol. The van der Waals surface area contributed by atoms with Crippen LogP contribution in [0, 0.1) is 0 Å². The Kier molecular flexibility index (Phi) is 5.43. The highest BCUT2D eigenvalue weighted by Gasteiger charge is 2.43. The van der Waals surface area contributed by atoms with E-state index in [0.717, 1.165) is 0 Å². The molecule has 0 saturated carbocycles. The van der Waals surface area contributed by atoms with Crippen molar-refractivity contribution in [3.8, 4) is 11.1 Å². The summed E-state index contributed by atoms with van der Waals surface area (Å²) < 4.78 is 0. The number of hydrogen-bond acceptors (Lipinski definition) is 0. The third-order valence-electron chi connectivity index (χ3n) is 6.24. The topological polar surface area (TPSA) is 0 Å². The van der Waals surface area contributed by atoms with Crippen molar-refractivity contribution in [2.75, 3.05) is 0 Å². The fraction of sp³-hybridized carbons (Fsp3) is 0.333. The minimum Gasteiger partial charge on any atom is -0.0654 e.